The van der Waals surface area contributed by atoms with E-state index in [1.54, 1.807) is 19.1 Å². The Kier molecular flexibility index (Phi) is 5.49. The van der Waals surface area contributed by atoms with Gasteiger partial charge in [0.2, 0.25) is 0 Å². The number of amides is 2. The van der Waals surface area contributed by atoms with Crippen molar-refractivity contribution in [3.63, 3.8) is 0 Å². The first-order valence-electron chi connectivity index (χ1n) is 6.53. The van der Waals surface area contributed by atoms with Crippen LogP contribution >= 0.6 is 0 Å². The molecule has 0 bridgehead atoms. The highest BCUT2D eigenvalue weighted by Crippen LogP contribution is 2.13. The van der Waals surface area contributed by atoms with Gasteiger partial charge in [-0.25, -0.2) is 4.79 Å². The van der Waals surface area contributed by atoms with Crippen molar-refractivity contribution in [2.45, 2.75) is 27.7 Å². The number of hydrogen-bond acceptors (Lipinski definition) is 3. The van der Waals surface area contributed by atoms with Crippen LogP contribution < -0.4 is 10.6 Å². The Labute approximate surface area is 118 Å². The predicted octanol–water partition coefficient (Wildman–Crippen LogP) is 2.18. The van der Waals surface area contributed by atoms with Crippen LogP contribution in [0, 0.1) is 25.7 Å². The Balaban J connectivity index is 2.57. The van der Waals surface area contributed by atoms with Crippen molar-refractivity contribution in [2.24, 2.45) is 11.8 Å². The standard InChI is InChI=1S/C14H21N3O3/c1-8(2)11(13(18)19)7-15-14(20)17-12-6-5-9(3)16-10(12)4/h5-6,8,11H,7H2,1-4H3,(H,18,19)(H2,15,17,20). The van der Waals surface area contributed by atoms with E-state index in [1.807, 2.05) is 20.8 Å². The van der Waals surface area contributed by atoms with E-state index in [2.05, 4.69) is 15.6 Å². The Hall–Kier alpha value is -2.11. The minimum absolute atomic E-state index is 0.0458. The van der Waals surface area contributed by atoms with E-state index in [0.29, 0.717) is 5.69 Å². The Morgan fingerprint density at radius 1 is 1.30 bits per heavy atom. The van der Waals surface area contributed by atoms with Crippen molar-refractivity contribution in [2.75, 3.05) is 11.9 Å². The van der Waals surface area contributed by atoms with Crippen LogP contribution in [0.3, 0.4) is 0 Å². The van der Waals surface area contributed by atoms with Gasteiger partial charge in [0, 0.05) is 12.2 Å². The number of urea groups is 1. The van der Waals surface area contributed by atoms with Crippen molar-refractivity contribution in [3.8, 4) is 0 Å². The summed E-state index contributed by atoms with van der Waals surface area (Å²) >= 11 is 0. The average Bonchev–Trinajstić information content (AvgIpc) is 2.32. The quantitative estimate of drug-likeness (QED) is 0.770. The number of nitrogens with zero attached hydrogens (tertiary/aromatic N) is 1. The van der Waals surface area contributed by atoms with Crippen molar-refractivity contribution in [1.29, 1.82) is 0 Å². The zero-order valence-electron chi connectivity index (χ0n) is 12.2. The summed E-state index contributed by atoms with van der Waals surface area (Å²) in [6.45, 7) is 7.39. The van der Waals surface area contributed by atoms with Crippen LogP contribution in [0.15, 0.2) is 12.1 Å². The third kappa shape index (κ3) is 4.53. The molecule has 110 valence electrons. The lowest BCUT2D eigenvalue weighted by molar-refractivity contribution is -0.142. The van der Waals surface area contributed by atoms with Gasteiger partial charge in [-0.1, -0.05) is 13.8 Å². The van der Waals surface area contributed by atoms with E-state index in [0.717, 1.165) is 11.4 Å². The van der Waals surface area contributed by atoms with Gasteiger partial charge in [0.15, 0.2) is 0 Å². The molecule has 0 aliphatic heterocycles. The molecule has 2 amide bonds. The highest BCUT2D eigenvalue weighted by atomic mass is 16.4. The lowest BCUT2D eigenvalue weighted by Gasteiger charge is -2.17. The molecule has 1 rings (SSSR count). The van der Waals surface area contributed by atoms with Gasteiger partial charge in [0.25, 0.3) is 0 Å². The highest BCUT2D eigenvalue weighted by Gasteiger charge is 2.22. The minimum atomic E-state index is -0.909. The largest absolute Gasteiger partial charge is 0.481 e. The zero-order chi connectivity index (χ0) is 15.3. The lowest BCUT2D eigenvalue weighted by Crippen LogP contribution is -2.37. The number of hydrogen-bond donors (Lipinski definition) is 3. The average molecular weight is 279 g/mol. The number of aryl methyl sites for hydroxylation is 2. The molecule has 1 aromatic rings. The molecule has 1 aromatic heterocycles. The zero-order valence-corrected chi connectivity index (χ0v) is 12.2. The van der Waals surface area contributed by atoms with Crippen LogP contribution in [0.1, 0.15) is 25.2 Å². The normalized spacial score (nSPS) is 12.1. The maximum absolute atomic E-state index is 11.8. The van der Waals surface area contributed by atoms with E-state index in [1.165, 1.54) is 0 Å². The van der Waals surface area contributed by atoms with E-state index in [-0.39, 0.29) is 12.5 Å². The third-order valence-electron chi connectivity index (χ3n) is 3.08. The first kappa shape index (κ1) is 15.9. The van der Waals surface area contributed by atoms with Gasteiger partial charge in [0.1, 0.15) is 0 Å². The SMILES string of the molecule is Cc1ccc(NC(=O)NCC(C(=O)O)C(C)C)c(C)n1. The fraction of sp³-hybridized carbons (Fsp3) is 0.500. The molecule has 0 fully saturated rings. The van der Waals surface area contributed by atoms with Gasteiger partial charge in [-0.2, -0.15) is 0 Å². The molecule has 1 unspecified atom stereocenters. The highest BCUT2D eigenvalue weighted by molar-refractivity contribution is 5.90. The van der Waals surface area contributed by atoms with E-state index >= 15 is 0 Å². The number of pyridine rings is 1. The molecular weight excluding hydrogens is 258 g/mol. The predicted molar refractivity (Wildman–Crippen MR) is 76.7 cm³/mol. The van der Waals surface area contributed by atoms with Crippen LogP contribution in [-0.4, -0.2) is 28.6 Å². The summed E-state index contributed by atoms with van der Waals surface area (Å²) in [4.78, 5) is 27.0. The smallest absolute Gasteiger partial charge is 0.319 e. The second-order valence-corrected chi connectivity index (χ2v) is 5.11. The van der Waals surface area contributed by atoms with Crippen LogP contribution in [0.5, 0.6) is 0 Å². The van der Waals surface area contributed by atoms with E-state index in [4.69, 9.17) is 5.11 Å². The van der Waals surface area contributed by atoms with Crippen molar-refractivity contribution >= 4 is 17.7 Å². The van der Waals surface area contributed by atoms with Crippen molar-refractivity contribution in [3.05, 3.63) is 23.5 Å². The number of anilines is 1. The maximum Gasteiger partial charge on any atom is 0.319 e. The Morgan fingerprint density at radius 2 is 1.95 bits per heavy atom. The number of carboxylic acid groups (broad SMARTS) is 1. The second kappa shape index (κ2) is 6.88. The molecule has 0 radical (unpaired) electrons. The molecule has 0 spiro atoms. The van der Waals surface area contributed by atoms with Crippen LogP contribution in [0.25, 0.3) is 0 Å². The molecule has 3 N–H and O–H groups in total. The van der Waals surface area contributed by atoms with E-state index < -0.39 is 17.9 Å². The molecule has 1 heterocycles. The topological polar surface area (TPSA) is 91.3 Å². The number of carbonyl (C=O) groups excluding carboxylic acids is 1. The van der Waals surface area contributed by atoms with Gasteiger partial charge in [0.05, 0.1) is 17.3 Å². The van der Waals surface area contributed by atoms with Crippen LogP contribution in [0.2, 0.25) is 0 Å². The molecule has 6 heteroatoms. The number of nitrogens with one attached hydrogen (secondary N) is 2. The Morgan fingerprint density at radius 3 is 2.45 bits per heavy atom. The summed E-state index contributed by atoms with van der Waals surface area (Å²) in [5.74, 6) is -1.55. The molecule has 6 nitrogen and oxygen atoms in total. The number of carboxylic acids is 1. The summed E-state index contributed by atoms with van der Waals surface area (Å²) in [7, 11) is 0. The molecular formula is C14H21N3O3. The first-order valence-corrected chi connectivity index (χ1v) is 6.53. The van der Waals surface area contributed by atoms with Crippen LogP contribution in [0.4, 0.5) is 10.5 Å². The molecule has 20 heavy (non-hydrogen) atoms. The lowest BCUT2D eigenvalue weighted by atomic mass is 9.96. The third-order valence-corrected chi connectivity index (χ3v) is 3.08. The molecule has 0 saturated carbocycles. The van der Waals surface area contributed by atoms with Gasteiger partial charge < -0.3 is 15.7 Å². The van der Waals surface area contributed by atoms with Gasteiger partial charge in [-0.15, -0.1) is 0 Å². The van der Waals surface area contributed by atoms with Gasteiger partial charge in [-0.05, 0) is 31.9 Å². The first-order chi connectivity index (χ1) is 9.31. The summed E-state index contributed by atoms with van der Waals surface area (Å²) in [5.41, 5.74) is 2.21. The number of aliphatic carboxylic acids is 1. The monoisotopic (exact) mass is 279 g/mol. The fourth-order valence-corrected chi connectivity index (χ4v) is 1.80. The number of rotatable bonds is 5. The van der Waals surface area contributed by atoms with Crippen molar-refractivity contribution in [1.82, 2.24) is 10.3 Å². The molecule has 0 saturated heterocycles. The summed E-state index contributed by atoms with van der Waals surface area (Å²) in [5, 5.41) is 14.3. The molecule has 0 aliphatic carbocycles. The molecule has 0 aliphatic rings. The maximum atomic E-state index is 11.8. The number of aromatic nitrogens is 1. The van der Waals surface area contributed by atoms with Gasteiger partial charge >= 0.3 is 12.0 Å². The van der Waals surface area contributed by atoms with Gasteiger partial charge in [-0.3, -0.25) is 9.78 Å². The second-order valence-electron chi connectivity index (χ2n) is 5.11. The molecule has 1 atom stereocenters. The van der Waals surface area contributed by atoms with Crippen LogP contribution in [-0.2, 0) is 4.79 Å². The molecule has 0 aromatic carbocycles. The fourth-order valence-electron chi connectivity index (χ4n) is 1.80. The van der Waals surface area contributed by atoms with Crippen molar-refractivity contribution < 1.29 is 14.7 Å². The van der Waals surface area contributed by atoms with E-state index in [9.17, 15) is 9.59 Å². The summed E-state index contributed by atoms with van der Waals surface area (Å²) in [6.07, 6.45) is 0. The number of carbonyl (C=O) groups is 2. The summed E-state index contributed by atoms with van der Waals surface area (Å²) in [6, 6.07) is 3.15. The minimum Gasteiger partial charge on any atom is -0.481 e. The Bertz CT molecular complexity index is 500. The summed E-state index contributed by atoms with van der Waals surface area (Å²) < 4.78 is 0.